The fraction of sp³-hybridized carbons (Fsp3) is 0.647. The first kappa shape index (κ1) is 16.1. The van der Waals surface area contributed by atoms with Gasteiger partial charge in [0, 0.05) is 50.0 Å². The third kappa shape index (κ3) is 3.89. The van der Waals surface area contributed by atoms with Crippen LogP contribution in [0.25, 0.3) is 0 Å². The molecule has 1 atom stereocenters. The van der Waals surface area contributed by atoms with E-state index < -0.39 is 0 Å². The number of piperazine rings is 1. The Kier molecular flexibility index (Phi) is 5.48. The van der Waals surface area contributed by atoms with Crippen molar-refractivity contribution in [3.63, 3.8) is 0 Å². The first-order valence-corrected chi connectivity index (χ1v) is 7.92. The van der Waals surface area contributed by atoms with Crippen LogP contribution in [-0.2, 0) is 0 Å². The van der Waals surface area contributed by atoms with Crippen molar-refractivity contribution in [2.75, 3.05) is 44.7 Å². The number of rotatable bonds is 5. The van der Waals surface area contributed by atoms with Crippen molar-refractivity contribution in [3.05, 3.63) is 23.8 Å². The van der Waals surface area contributed by atoms with Gasteiger partial charge in [-0.15, -0.1) is 0 Å². The zero-order chi connectivity index (χ0) is 15.4. The van der Waals surface area contributed by atoms with Crippen LogP contribution in [0.3, 0.4) is 0 Å². The van der Waals surface area contributed by atoms with Crippen molar-refractivity contribution in [3.8, 4) is 5.75 Å². The highest BCUT2D eigenvalue weighted by atomic mass is 16.5. The van der Waals surface area contributed by atoms with Crippen LogP contribution >= 0.6 is 0 Å². The first-order chi connectivity index (χ1) is 10.0. The molecule has 0 unspecified atom stereocenters. The molecule has 118 valence electrons. The van der Waals surface area contributed by atoms with Gasteiger partial charge < -0.3 is 15.4 Å². The molecule has 1 fully saturated rings. The Bertz CT molecular complexity index is 451. The number of anilines is 1. The van der Waals surface area contributed by atoms with E-state index in [0.717, 1.165) is 43.4 Å². The molecule has 4 heteroatoms. The van der Waals surface area contributed by atoms with E-state index in [1.165, 1.54) is 12.2 Å². The molecular formula is C17H29N3O. The van der Waals surface area contributed by atoms with Gasteiger partial charge >= 0.3 is 0 Å². The molecule has 2 rings (SSSR count). The predicted molar refractivity (Wildman–Crippen MR) is 89.1 cm³/mol. The molecule has 0 amide bonds. The molecule has 1 heterocycles. The van der Waals surface area contributed by atoms with Crippen molar-refractivity contribution >= 4 is 5.69 Å². The summed E-state index contributed by atoms with van der Waals surface area (Å²) in [4.78, 5) is 4.99. The molecule has 0 bridgehead atoms. The molecule has 1 aromatic rings. The second-order valence-corrected chi connectivity index (χ2v) is 6.36. The van der Waals surface area contributed by atoms with Gasteiger partial charge in [0.05, 0.1) is 7.11 Å². The molecule has 1 aliphatic heterocycles. The average molecular weight is 291 g/mol. The lowest BCUT2D eigenvalue weighted by Gasteiger charge is -2.38. The van der Waals surface area contributed by atoms with Gasteiger partial charge in [0.25, 0.3) is 0 Å². The van der Waals surface area contributed by atoms with Crippen LogP contribution in [0.4, 0.5) is 5.69 Å². The Balaban J connectivity index is 2.13. The van der Waals surface area contributed by atoms with Crippen molar-refractivity contribution in [2.24, 2.45) is 11.7 Å². The number of benzene rings is 1. The molecule has 4 nitrogen and oxygen atoms in total. The number of methoxy groups -OCH3 is 1. The fourth-order valence-electron chi connectivity index (χ4n) is 3.13. The summed E-state index contributed by atoms with van der Waals surface area (Å²) in [5, 5.41) is 0. The Labute approximate surface area is 128 Å². The summed E-state index contributed by atoms with van der Waals surface area (Å²) >= 11 is 0. The Morgan fingerprint density at radius 3 is 2.33 bits per heavy atom. The monoisotopic (exact) mass is 291 g/mol. The molecule has 0 radical (unpaired) electrons. The van der Waals surface area contributed by atoms with Gasteiger partial charge in [-0.3, -0.25) is 4.90 Å². The lowest BCUT2D eigenvalue weighted by molar-refractivity contribution is 0.231. The molecule has 1 aliphatic rings. The molecule has 1 saturated heterocycles. The third-order valence-corrected chi connectivity index (χ3v) is 4.05. The Morgan fingerprint density at radius 1 is 1.14 bits per heavy atom. The van der Waals surface area contributed by atoms with Crippen LogP contribution in [0.5, 0.6) is 5.75 Å². The third-order valence-electron chi connectivity index (χ3n) is 4.05. The maximum absolute atomic E-state index is 6.17. The SMILES string of the molecule is COc1cccc(N2CCN(CC(C)C)CC2)c1[C@H](C)N. The predicted octanol–water partition coefficient (Wildman–Crippen LogP) is 2.49. The number of hydrogen-bond acceptors (Lipinski definition) is 4. The molecule has 0 aliphatic carbocycles. The van der Waals surface area contributed by atoms with Crippen LogP contribution < -0.4 is 15.4 Å². The van der Waals surface area contributed by atoms with Crippen molar-refractivity contribution in [1.82, 2.24) is 4.90 Å². The van der Waals surface area contributed by atoms with E-state index in [4.69, 9.17) is 10.5 Å². The van der Waals surface area contributed by atoms with Crippen LogP contribution in [0.2, 0.25) is 0 Å². The number of hydrogen-bond donors (Lipinski definition) is 1. The zero-order valence-electron chi connectivity index (χ0n) is 13.8. The standard InChI is InChI=1S/C17H29N3O/c1-13(2)12-19-8-10-20(11-9-19)15-6-5-7-16(21-4)17(15)14(3)18/h5-7,13-14H,8-12,18H2,1-4H3/t14-/m0/s1. The van der Waals surface area contributed by atoms with Gasteiger partial charge in [0.1, 0.15) is 5.75 Å². The fourth-order valence-corrected chi connectivity index (χ4v) is 3.13. The second-order valence-electron chi connectivity index (χ2n) is 6.36. The van der Waals surface area contributed by atoms with Crippen LogP contribution in [-0.4, -0.2) is 44.7 Å². The topological polar surface area (TPSA) is 41.7 Å². The molecule has 0 aromatic heterocycles. The second kappa shape index (κ2) is 7.14. The van der Waals surface area contributed by atoms with Crippen molar-refractivity contribution in [1.29, 1.82) is 0 Å². The maximum Gasteiger partial charge on any atom is 0.125 e. The number of nitrogens with two attached hydrogens (primary N) is 1. The molecular weight excluding hydrogens is 262 g/mol. The van der Waals surface area contributed by atoms with Crippen LogP contribution in [0.1, 0.15) is 32.4 Å². The van der Waals surface area contributed by atoms with E-state index in [-0.39, 0.29) is 6.04 Å². The normalized spacial score (nSPS) is 18.1. The van der Waals surface area contributed by atoms with Gasteiger partial charge in [-0.2, -0.15) is 0 Å². The largest absolute Gasteiger partial charge is 0.496 e. The van der Waals surface area contributed by atoms with E-state index in [9.17, 15) is 0 Å². The summed E-state index contributed by atoms with van der Waals surface area (Å²) in [6.07, 6.45) is 0. The Hall–Kier alpha value is -1.26. The maximum atomic E-state index is 6.17. The minimum absolute atomic E-state index is 0.0233. The molecule has 0 saturated carbocycles. The minimum Gasteiger partial charge on any atom is -0.496 e. The average Bonchev–Trinajstić information content (AvgIpc) is 2.46. The van der Waals surface area contributed by atoms with E-state index in [1.54, 1.807) is 7.11 Å². The van der Waals surface area contributed by atoms with Gasteiger partial charge in [-0.05, 0) is 25.0 Å². The Morgan fingerprint density at radius 2 is 1.81 bits per heavy atom. The molecule has 2 N–H and O–H groups in total. The summed E-state index contributed by atoms with van der Waals surface area (Å²) < 4.78 is 5.49. The summed E-state index contributed by atoms with van der Waals surface area (Å²) in [5.41, 5.74) is 8.53. The van der Waals surface area contributed by atoms with Crippen LogP contribution in [0, 0.1) is 5.92 Å². The highest BCUT2D eigenvalue weighted by molar-refractivity contribution is 5.61. The highest BCUT2D eigenvalue weighted by Crippen LogP contribution is 2.34. The van der Waals surface area contributed by atoms with E-state index in [2.05, 4.69) is 35.8 Å². The van der Waals surface area contributed by atoms with E-state index in [1.807, 2.05) is 13.0 Å². The summed E-state index contributed by atoms with van der Waals surface area (Å²) in [5.74, 6) is 1.63. The minimum atomic E-state index is -0.0233. The van der Waals surface area contributed by atoms with Gasteiger partial charge in [0.15, 0.2) is 0 Å². The van der Waals surface area contributed by atoms with Crippen molar-refractivity contribution < 1.29 is 4.74 Å². The summed E-state index contributed by atoms with van der Waals surface area (Å²) in [6.45, 7) is 12.1. The van der Waals surface area contributed by atoms with Crippen LogP contribution in [0.15, 0.2) is 18.2 Å². The lowest BCUT2D eigenvalue weighted by Crippen LogP contribution is -2.47. The van der Waals surface area contributed by atoms with Gasteiger partial charge in [0.2, 0.25) is 0 Å². The highest BCUT2D eigenvalue weighted by Gasteiger charge is 2.22. The smallest absolute Gasteiger partial charge is 0.125 e. The van der Waals surface area contributed by atoms with E-state index >= 15 is 0 Å². The number of ether oxygens (including phenoxy) is 1. The first-order valence-electron chi connectivity index (χ1n) is 7.92. The molecule has 21 heavy (non-hydrogen) atoms. The summed E-state index contributed by atoms with van der Waals surface area (Å²) in [6, 6.07) is 6.20. The zero-order valence-corrected chi connectivity index (χ0v) is 13.8. The van der Waals surface area contributed by atoms with Crippen molar-refractivity contribution in [2.45, 2.75) is 26.8 Å². The molecule has 1 aromatic carbocycles. The summed E-state index contributed by atoms with van der Waals surface area (Å²) in [7, 11) is 1.71. The quantitative estimate of drug-likeness (QED) is 0.905. The lowest BCUT2D eigenvalue weighted by atomic mass is 10.0. The van der Waals surface area contributed by atoms with Gasteiger partial charge in [-0.25, -0.2) is 0 Å². The van der Waals surface area contributed by atoms with E-state index in [0.29, 0.717) is 0 Å². The molecule has 0 spiro atoms. The number of nitrogens with zero attached hydrogens (tertiary/aromatic N) is 2. The van der Waals surface area contributed by atoms with Gasteiger partial charge in [-0.1, -0.05) is 19.9 Å².